The van der Waals surface area contributed by atoms with Crippen LogP contribution in [0.2, 0.25) is 0 Å². The lowest BCUT2D eigenvalue weighted by Gasteiger charge is -2.08. The third-order valence-corrected chi connectivity index (χ3v) is 2.89. The molecule has 0 fully saturated rings. The Morgan fingerprint density at radius 1 is 1.45 bits per heavy atom. The van der Waals surface area contributed by atoms with Gasteiger partial charge in [-0.3, -0.25) is 9.35 Å². The van der Waals surface area contributed by atoms with E-state index in [-0.39, 0.29) is 18.4 Å². The number of aliphatic hydroxyl groups is 1. The molecule has 2 rings (SSSR count). The maximum atomic E-state index is 10.9. The second-order valence-corrected chi connectivity index (χ2v) is 6.21. The summed E-state index contributed by atoms with van der Waals surface area (Å²) in [7, 11) is -3.67. The number of fused-ring (bicyclic) bond motifs is 1. The first-order valence-electron chi connectivity index (χ1n) is 6.14. The van der Waals surface area contributed by atoms with E-state index in [0.717, 1.165) is 18.5 Å². The first-order valence-corrected chi connectivity index (χ1v) is 7.99. The van der Waals surface area contributed by atoms with E-state index in [9.17, 15) is 13.2 Å². The number of carbonyl (C=O) groups is 1. The molecular formula is C13H19NO5S. The van der Waals surface area contributed by atoms with Crippen molar-refractivity contribution in [1.82, 2.24) is 0 Å². The summed E-state index contributed by atoms with van der Waals surface area (Å²) >= 11 is 0. The van der Waals surface area contributed by atoms with Crippen molar-refractivity contribution in [2.45, 2.75) is 25.7 Å². The molecule has 1 amide bonds. The first kappa shape index (κ1) is 16.6. The summed E-state index contributed by atoms with van der Waals surface area (Å²) in [5, 5.41) is 11.9. The number of amides is 1. The van der Waals surface area contributed by atoms with Gasteiger partial charge in [0.1, 0.15) is 0 Å². The molecule has 1 unspecified atom stereocenters. The molecule has 1 atom stereocenters. The zero-order valence-electron chi connectivity index (χ0n) is 11.5. The second-order valence-electron chi connectivity index (χ2n) is 4.75. The van der Waals surface area contributed by atoms with Gasteiger partial charge in [0.05, 0.1) is 6.26 Å². The lowest BCUT2D eigenvalue weighted by Crippen LogP contribution is -2.06. The fourth-order valence-corrected chi connectivity index (χ4v) is 2.18. The molecule has 0 heterocycles. The number of aliphatic hydroxyl groups excluding tert-OH is 1. The van der Waals surface area contributed by atoms with Crippen molar-refractivity contribution in [2.75, 3.05) is 18.2 Å². The molecular weight excluding hydrogens is 282 g/mol. The first-order chi connectivity index (χ1) is 9.20. The summed E-state index contributed by atoms with van der Waals surface area (Å²) in [6.07, 6.45) is 2.72. The Morgan fingerprint density at radius 2 is 2.05 bits per heavy atom. The molecule has 1 aliphatic rings. The summed E-state index contributed by atoms with van der Waals surface area (Å²) in [6.45, 7) is 1.72. The van der Waals surface area contributed by atoms with Crippen molar-refractivity contribution in [3.05, 3.63) is 29.3 Å². The minimum absolute atomic E-state index is 0.0494. The average Bonchev–Trinajstić information content (AvgIpc) is 2.68. The van der Waals surface area contributed by atoms with E-state index >= 15 is 0 Å². The third-order valence-electron chi connectivity index (χ3n) is 2.89. The van der Waals surface area contributed by atoms with Crippen molar-refractivity contribution >= 4 is 21.7 Å². The highest BCUT2D eigenvalue weighted by atomic mass is 32.2. The Kier molecular flexibility index (Phi) is 5.67. The fourth-order valence-electron chi connectivity index (χ4n) is 2.18. The molecule has 0 saturated heterocycles. The number of benzene rings is 1. The van der Waals surface area contributed by atoms with Crippen LogP contribution in [-0.2, 0) is 21.3 Å². The van der Waals surface area contributed by atoms with Gasteiger partial charge in [0.25, 0.3) is 10.1 Å². The average molecular weight is 301 g/mol. The van der Waals surface area contributed by atoms with Gasteiger partial charge < -0.3 is 10.4 Å². The maximum absolute atomic E-state index is 10.9. The maximum Gasteiger partial charge on any atom is 0.261 e. The standard InChI is InChI=1S/C12H15NO2.CH4O3S/c1-8(15)13-11-4-5-12-9(6-11)2-3-10(12)7-14;1-5(2,3)4/h4-6,10,14H,2-3,7H2,1H3,(H,13,15);1H3,(H,2,3,4). The second kappa shape index (κ2) is 6.83. The highest BCUT2D eigenvalue weighted by Gasteiger charge is 2.21. The Morgan fingerprint density at radius 3 is 2.55 bits per heavy atom. The molecule has 0 aliphatic heterocycles. The van der Waals surface area contributed by atoms with Gasteiger partial charge in [0, 0.05) is 25.1 Å². The summed E-state index contributed by atoms with van der Waals surface area (Å²) in [5.74, 6) is 0.234. The van der Waals surface area contributed by atoms with E-state index in [0.29, 0.717) is 6.26 Å². The molecule has 0 saturated carbocycles. The summed E-state index contributed by atoms with van der Waals surface area (Å²) < 4.78 is 25.9. The molecule has 6 nitrogen and oxygen atoms in total. The van der Waals surface area contributed by atoms with Crippen LogP contribution in [0.25, 0.3) is 0 Å². The predicted octanol–water partition coefficient (Wildman–Crippen LogP) is 1.17. The van der Waals surface area contributed by atoms with Gasteiger partial charge >= 0.3 is 0 Å². The van der Waals surface area contributed by atoms with Crippen molar-refractivity contribution in [2.24, 2.45) is 0 Å². The minimum atomic E-state index is -3.67. The molecule has 20 heavy (non-hydrogen) atoms. The van der Waals surface area contributed by atoms with Gasteiger partial charge in [-0.05, 0) is 36.1 Å². The van der Waals surface area contributed by atoms with E-state index in [4.69, 9.17) is 9.66 Å². The van der Waals surface area contributed by atoms with Crippen LogP contribution in [0.4, 0.5) is 5.69 Å². The molecule has 1 aromatic rings. The highest BCUT2D eigenvalue weighted by Crippen LogP contribution is 2.34. The number of hydrogen-bond donors (Lipinski definition) is 3. The van der Waals surface area contributed by atoms with Gasteiger partial charge in [0.15, 0.2) is 0 Å². The van der Waals surface area contributed by atoms with Crippen LogP contribution in [-0.4, -0.2) is 36.8 Å². The summed E-state index contributed by atoms with van der Waals surface area (Å²) in [5.41, 5.74) is 3.33. The van der Waals surface area contributed by atoms with Gasteiger partial charge in [-0.2, -0.15) is 8.42 Å². The van der Waals surface area contributed by atoms with Crippen LogP contribution in [0, 0.1) is 0 Å². The van der Waals surface area contributed by atoms with Gasteiger partial charge in [0.2, 0.25) is 5.91 Å². The van der Waals surface area contributed by atoms with Crippen molar-refractivity contribution < 1.29 is 22.9 Å². The number of rotatable bonds is 2. The molecule has 1 aliphatic carbocycles. The lowest BCUT2D eigenvalue weighted by atomic mass is 10.0. The van der Waals surface area contributed by atoms with E-state index < -0.39 is 10.1 Å². The molecule has 1 aromatic carbocycles. The van der Waals surface area contributed by atoms with E-state index in [1.807, 2.05) is 18.2 Å². The number of hydrogen-bond acceptors (Lipinski definition) is 4. The van der Waals surface area contributed by atoms with Crippen molar-refractivity contribution in [1.29, 1.82) is 0 Å². The topological polar surface area (TPSA) is 104 Å². The summed E-state index contributed by atoms with van der Waals surface area (Å²) in [6, 6.07) is 5.91. The highest BCUT2D eigenvalue weighted by molar-refractivity contribution is 7.85. The largest absolute Gasteiger partial charge is 0.396 e. The Hall–Kier alpha value is -1.44. The van der Waals surface area contributed by atoms with Crippen LogP contribution in [0.15, 0.2) is 18.2 Å². The fraction of sp³-hybridized carbons (Fsp3) is 0.462. The van der Waals surface area contributed by atoms with E-state index in [1.54, 1.807) is 0 Å². The Labute approximate surface area is 118 Å². The number of aryl methyl sites for hydroxylation is 1. The van der Waals surface area contributed by atoms with Crippen LogP contribution in [0.3, 0.4) is 0 Å². The minimum Gasteiger partial charge on any atom is -0.396 e. The molecule has 112 valence electrons. The normalized spacial score (nSPS) is 16.9. The Bertz CT molecular complexity index is 574. The summed E-state index contributed by atoms with van der Waals surface area (Å²) in [4.78, 5) is 10.9. The Balaban J connectivity index is 0.000000347. The van der Waals surface area contributed by atoms with Crippen molar-refractivity contribution in [3.8, 4) is 0 Å². The quantitative estimate of drug-likeness (QED) is 0.711. The zero-order chi connectivity index (χ0) is 15.3. The number of nitrogens with one attached hydrogen (secondary N) is 1. The third kappa shape index (κ3) is 5.68. The van der Waals surface area contributed by atoms with Gasteiger partial charge in [-0.15, -0.1) is 0 Å². The van der Waals surface area contributed by atoms with E-state index in [2.05, 4.69) is 5.32 Å². The molecule has 7 heteroatoms. The number of carbonyl (C=O) groups excluding carboxylic acids is 1. The zero-order valence-corrected chi connectivity index (χ0v) is 12.3. The van der Waals surface area contributed by atoms with Crippen LogP contribution in [0.5, 0.6) is 0 Å². The molecule has 0 radical (unpaired) electrons. The van der Waals surface area contributed by atoms with Gasteiger partial charge in [-0.25, -0.2) is 0 Å². The van der Waals surface area contributed by atoms with E-state index in [1.165, 1.54) is 18.1 Å². The molecule has 3 N–H and O–H groups in total. The van der Waals surface area contributed by atoms with Crippen LogP contribution >= 0.6 is 0 Å². The monoisotopic (exact) mass is 301 g/mol. The molecule has 0 bridgehead atoms. The SMILES string of the molecule is CC(=O)Nc1ccc2c(c1)CCC2CO.CS(=O)(=O)O. The number of anilines is 1. The molecule has 0 spiro atoms. The molecule has 0 aromatic heterocycles. The van der Waals surface area contributed by atoms with Crippen LogP contribution < -0.4 is 5.32 Å². The lowest BCUT2D eigenvalue weighted by molar-refractivity contribution is -0.114. The predicted molar refractivity (Wildman–Crippen MR) is 76.4 cm³/mol. The van der Waals surface area contributed by atoms with Crippen molar-refractivity contribution in [3.63, 3.8) is 0 Å². The van der Waals surface area contributed by atoms with Crippen LogP contribution in [0.1, 0.15) is 30.4 Å². The van der Waals surface area contributed by atoms with Gasteiger partial charge in [-0.1, -0.05) is 6.07 Å². The smallest absolute Gasteiger partial charge is 0.261 e.